The first-order valence-electron chi connectivity index (χ1n) is 8.93. The number of hydrogen-bond acceptors (Lipinski definition) is 6. The molecule has 5 rings (SSSR count). The summed E-state index contributed by atoms with van der Waals surface area (Å²) < 4.78 is 34.7. The molecule has 150 valence electrons. The van der Waals surface area contributed by atoms with E-state index in [2.05, 4.69) is 15.1 Å². The number of nitrogens with two attached hydrogens (primary N) is 1. The minimum Gasteiger partial charge on any atom is -0.491 e. The van der Waals surface area contributed by atoms with Crippen LogP contribution in [0.5, 0.6) is 5.75 Å². The van der Waals surface area contributed by atoms with E-state index in [1.807, 2.05) is 6.07 Å². The van der Waals surface area contributed by atoms with E-state index in [-0.39, 0.29) is 11.3 Å². The normalized spacial score (nSPS) is 12.6. The van der Waals surface area contributed by atoms with Crippen molar-refractivity contribution in [3.63, 3.8) is 0 Å². The summed E-state index contributed by atoms with van der Waals surface area (Å²) in [4.78, 5) is 21.7. The highest BCUT2D eigenvalue weighted by Crippen LogP contribution is 2.42. The van der Waals surface area contributed by atoms with Crippen LogP contribution in [0.4, 0.5) is 8.78 Å². The fourth-order valence-electron chi connectivity index (χ4n) is 3.29. The molecule has 10 heteroatoms. The predicted octanol–water partition coefficient (Wildman–Crippen LogP) is 3.37. The van der Waals surface area contributed by atoms with Gasteiger partial charge in [-0.2, -0.15) is 5.10 Å². The average Bonchev–Trinajstić information content (AvgIpc) is 3.32. The Kier molecular flexibility index (Phi) is 4.28. The van der Waals surface area contributed by atoms with Gasteiger partial charge in [0.2, 0.25) is 5.91 Å². The Labute approximate surface area is 172 Å². The van der Waals surface area contributed by atoms with Crippen LogP contribution in [0.1, 0.15) is 15.9 Å². The minimum atomic E-state index is -0.737. The maximum absolute atomic E-state index is 14.3. The van der Waals surface area contributed by atoms with E-state index in [0.717, 1.165) is 21.4 Å². The molecule has 0 atom stereocenters. The highest BCUT2D eigenvalue weighted by atomic mass is 32.1. The number of fused-ring (bicyclic) bond motifs is 3. The second-order valence-electron chi connectivity index (χ2n) is 6.59. The number of primary amides is 1. The van der Waals surface area contributed by atoms with Crippen LogP contribution < -0.4 is 10.5 Å². The summed E-state index contributed by atoms with van der Waals surface area (Å²) in [6.07, 6.45) is 3.35. The molecule has 3 aromatic heterocycles. The lowest BCUT2D eigenvalue weighted by molar-refractivity contribution is 0.0999. The van der Waals surface area contributed by atoms with Gasteiger partial charge in [0.05, 0.1) is 21.9 Å². The number of nitrogens with zero attached hydrogens (tertiary/aromatic N) is 4. The van der Waals surface area contributed by atoms with Crippen molar-refractivity contribution in [1.29, 1.82) is 0 Å². The highest BCUT2D eigenvalue weighted by molar-refractivity contribution is 7.19. The Balaban J connectivity index is 1.62. The standard InChI is InChI=1S/C20H13F2N5O2S/c21-12-1-2-14(13(22)7-12)27-20(25-9-26-27)16-6-10-3-4-29-15-5-11(19(23)28)8-24-17(15)18(10)30-16/h1-2,5-9H,3-4H2,(H2,23,28). The first-order valence-corrected chi connectivity index (χ1v) is 9.74. The number of thiophene rings is 1. The third kappa shape index (κ3) is 3.01. The first kappa shape index (κ1) is 18.4. The Morgan fingerprint density at radius 1 is 1.20 bits per heavy atom. The Bertz CT molecular complexity index is 1300. The summed E-state index contributed by atoms with van der Waals surface area (Å²) in [5.74, 6) is -1.09. The van der Waals surface area contributed by atoms with Crippen molar-refractivity contribution in [2.24, 2.45) is 5.73 Å². The zero-order valence-corrected chi connectivity index (χ0v) is 16.1. The van der Waals surface area contributed by atoms with Crippen molar-refractivity contribution >= 4 is 17.2 Å². The third-order valence-electron chi connectivity index (χ3n) is 4.70. The molecular weight excluding hydrogens is 412 g/mol. The van der Waals surface area contributed by atoms with E-state index in [4.69, 9.17) is 10.5 Å². The monoisotopic (exact) mass is 425 g/mol. The summed E-state index contributed by atoms with van der Waals surface area (Å²) in [5.41, 5.74) is 7.29. The van der Waals surface area contributed by atoms with Crippen LogP contribution in [0.2, 0.25) is 0 Å². The van der Waals surface area contributed by atoms with E-state index < -0.39 is 17.5 Å². The lowest BCUT2D eigenvalue weighted by atomic mass is 10.1. The topological polar surface area (TPSA) is 95.9 Å². The lowest BCUT2D eigenvalue weighted by Crippen LogP contribution is -2.11. The van der Waals surface area contributed by atoms with Gasteiger partial charge in [0.25, 0.3) is 0 Å². The molecule has 0 unspecified atom stereocenters. The fraction of sp³-hybridized carbons (Fsp3) is 0.100. The van der Waals surface area contributed by atoms with E-state index in [1.54, 1.807) is 6.07 Å². The number of amides is 1. The van der Waals surface area contributed by atoms with E-state index in [0.29, 0.717) is 30.3 Å². The van der Waals surface area contributed by atoms with Crippen molar-refractivity contribution in [2.75, 3.05) is 6.61 Å². The van der Waals surface area contributed by atoms with Gasteiger partial charge in [-0.1, -0.05) is 0 Å². The molecule has 0 bridgehead atoms. The average molecular weight is 425 g/mol. The Morgan fingerprint density at radius 2 is 2.07 bits per heavy atom. The number of ether oxygens (including phenoxy) is 1. The van der Waals surface area contributed by atoms with Gasteiger partial charge in [-0.05, 0) is 29.8 Å². The molecule has 0 aliphatic carbocycles. The van der Waals surface area contributed by atoms with Gasteiger partial charge in [-0.3, -0.25) is 9.78 Å². The Morgan fingerprint density at radius 3 is 2.87 bits per heavy atom. The molecule has 1 aliphatic rings. The minimum absolute atomic E-state index is 0.0976. The SMILES string of the molecule is NC(=O)c1cnc2c(c1)OCCc1cc(-c3ncnn3-c3ccc(F)cc3F)sc1-2. The largest absolute Gasteiger partial charge is 0.491 e. The zero-order valence-electron chi connectivity index (χ0n) is 15.3. The summed E-state index contributed by atoms with van der Waals surface area (Å²) in [7, 11) is 0. The second kappa shape index (κ2) is 6.99. The van der Waals surface area contributed by atoms with Crippen LogP contribution in [0.3, 0.4) is 0 Å². The molecule has 2 N–H and O–H groups in total. The molecule has 4 aromatic rings. The summed E-state index contributed by atoms with van der Waals surface area (Å²) >= 11 is 1.40. The zero-order chi connectivity index (χ0) is 20.8. The van der Waals surface area contributed by atoms with Crippen LogP contribution in [0, 0.1) is 11.6 Å². The van der Waals surface area contributed by atoms with Crippen molar-refractivity contribution in [1.82, 2.24) is 19.7 Å². The number of benzene rings is 1. The summed E-state index contributed by atoms with van der Waals surface area (Å²) in [6.45, 7) is 0.402. The molecule has 30 heavy (non-hydrogen) atoms. The van der Waals surface area contributed by atoms with Gasteiger partial charge in [-0.25, -0.2) is 18.4 Å². The Hall–Kier alpha value is -3.66. The van der Waals surface area contributed by atoms with Crippen LogP contribution in [-0.2, 0) is 6.42 Å². The molecule has 0 fully saturated rings. The van der Waals surface area contributed by atoms with E-state index >= 15 is 0 Å². The molecule has 0 spiro atoms. The lowest BCUT2D eigenvalue weighted by Gasteiger charge is -2.08. The number of pyridine rings is 1. The van der Waals surface area contributed by atoms with Gasteiger partial charge < -0.3 is 10.5 Å². The van der Waals surface area contributed by atoms with E-state index in [1.165, 1.54) is 40.7 Å². The van der Waals surface area contributed by atoms with Gasteiger partial charge in [0, 0.05) is 18.7 Å². The fourth-order valence-corrected chi connectivity index (χ4v) is 4.49. The number of carbonyl (C=O) groups excluding carboxylic acids is 1. The summed E-state index contributed by atoms with van der Waals surface area (Å²) in [6, 6.07) is 6.80. The van der Waals surface area contributed by atoms with Crippen LogP contribution in [0.15, 0.2) is 42.9 Å². The summed E-state index contributed by atoms with van der Waals surface area (Å²) in [5, 5.41) is 4.11. The maximum Gasteiger partial charge on any atom is 0.250 e. The van der Waals surface area contributed by atoms with Crippen LogP contribution in [0.25, 0.3) is 27.0 Å². The van der Waals surface area contributed by atoms with E-state index in [9.17, 15) is 13.6 Å². The van der Waals surface area contributed by atoms with Gasteiger partial charge in [0.15, 0.2) is 11.6 Å². The van der Waals surface area contributed by atoms with Crippen molar-refractivity contribution in [3.05, 3.63) is 65.6 Å². The van der Waals surface area contributed by atoms with Crippen molar-refractivity contribution in [2.45, 2.75) is 6.42 Å². The number of carbonyl (C=O) groups is 1. The molecule has 0 radical (unpaired) electrons. The number of hydrogen-bond donors (Lipinski definition) is 1. The third-order valence-corrected chi connectivity index (χ3v) is 5.88. The number of aromatic nitrogens is 4. The van der Waals surface area contributed by atoms with Crippen LogP contribution in [-0.4, -0.2) is 32.3 Å². The molecule has 1 aliphatic heterocycles. The molecular formula is C20H13F2N5O2S. The molecule has 1 amide bonds. The quantitative estimate of drug-likeness (QED) is 0.543. The second-order valence-corrected chi connectivity index (χ2v) is 7.64. The molecule has 4 heterocycles. The van der Waals surface area contributed by atoms with Crippen molar-refractivity contribution < 1.29 is 18.3 Å². The smallest absolute Gasteiger partial charge is 0.250 e. The van der Waals surface area contributed by atoms with Gasteiger partial charge in [-0.15, -0.1) is 11.3 Å². The first-order chi connectivity index (χ1) is 14.5. The van der Waals surface area contributed by atoms with Crippen LogP contribution >= 0.6 is 11.3 Å². The molecule has 0 saturated heterocycles. The number of rotatable bonds is 3. The van der Waals surface area contributed by atoms with Gasteiger partial charge in [0.1, 0.15) is 29.3 Å². The molecule has 7 nitrogen and oxygen atoms in total. The molecule has 1 aromatic carbocycles. The predicted molar refractivity (Wildman–Crippen MR) is 106 cm³/mol. The maximum atomic E-state index is 14.3. The van der Waals surface area contributed by atoms with Crippen molar-refractivity contribution in [3.8, 4) is 32.7 Å². The van der Waals surface area contributed by atoms with Gasteiger partial charge >= 0.3 is 0 Å². The molecule has 0 saturated carbocycles. The number of halogens is 2. The highest BCUT2D eigenvalue weighted by Gasteiger charge is 2.24.